The summed E-state index contributed by atoms with van der Waals surface area (Å²) in [6, 6.07) is 12.2. The SMILES string of the molecule is CCCCCCC(=O)c1ccc(-c2ccc(CCCCCC)cn2)cc1. The number of ketones is 1. The van der Waals surface area contributed by atoms with Crippen molar-refractivity contribution in [3.05, 3.63) is 53.7 Å². The van der Waals surface area contributed by atoms with Crippen LogP contribution in [0.3, 0.4) is 0 Å². The Morgan fingerprint density at radius 1 is 0.808 bits per heavy atom. The van der Waals surface area contributed by atoms with E-state index in [4.69, 9.17) is 0 Å². The van der Waals surface area contributed by atoms with Crippen molar-refractivity contribution in [2.24, 2.45) is 0 Å². The predicted molar refractivity (Wildman–Crippen MR) is 111 cm³/mol. The summed E-state index contributed by atoms with van der Waals surface area (Å²) in [6.07, 6.45) is 13.4. The van der Waals surface area contributed by atoms with E-state index in [1.54, 1.807) is 0 Å². The number of hydrogen-bond acceptors (Lipinski definition) is 2. The van der Waals surface area contributed by atoms with Crippen LogP contribution in [0.5, 0.6) is 0 Å². The number of pyridine rings is 1. The minimum absolute atomic E-state index is 0.253. The van der Waals surface area contributed by atoms with Crippen molar-refractivity contribution in [1.29, 1.82) is 0 Å². The van der Waals surface area contributed by atoms with Gasteiger partial charge in [0, 0.05) is 23.7 Å². The monoisotopic (exact) mass is 351 g/mol. The molecule has 0 saturated heterocycles. The average molecular weight is 352 g/mol. The lowest BCUT2D eigenvalue weighted by Crippen LogP contribution is -1.99. The van der Waals surface area contributed by atoms with Gasteiger partial charge in [-0.05, 0) is 30.9 Å². The number of rotatable bonds is 12. The second-order valence-corrected chi connectivity index (χ2v) is 7.17. The molecule has 0 aliphatic carbocycles. The molecule has 0 aliphatic heterocycles. The van der Waals surface area contributed by atoms with E-state index in [1.807, 2.05) is 30.5 Å². The van der Waals surface area contributed by atoms with Crippen LogP contribution < -0.4 is 0 Å². The van der Waals surface area contributed by atoms with Gasteiger partial charge in [-0.15, -0.1) is 0 Å². The standard InChI is InChI=1S/C24H33NO/c1-3-5-7-9-11-20-13-18-23(25-19-20)21-14-16-22(17-15-21)24(26)12-10-8-6-4-2/h13-19H,3-12H2,1-2H3. The van der Waals surface area contributed by atoms with Gasteiger partial charge in [-0.2, -0.15) is 0 Å². The quantitative estimate of drug-likeness (QED) is 0.303. The van der Waals surface area contributed by atoms with Crippen molar-refractivity contribution < 1.29 is 4.79 Å². The Labute approximate surface area is 159 Å². The van der Waals surface area contributed by atoms with Gasteiger partial charge in [-0.25, -0.2) is 0 Å². The summed E-state index contributed by atoms with van der Waals surface area (Å²) in [7, 11) is 0. The summed E-state index contributed by atoms with van der Waals surface area (Å²) >= 11 is 0. The first-order valence-corrected chi connectivity index (χ1v) is 10.3. The maximum Gasteiger partial charge on any atom is 0.162 e. The number of carbonyl (C=O) groups excluding carboxylic acids is 1. The number of unbranched alkanes of at least 4 members (excludes halogenated alkanes) is 6. The third-order valence-corrected chi connectivity index (χ3v) is 4.90. The van der Waals surface area contributed by atoms with Gasteiger partial charge in [0.05, 0.1) is 5.69 Å². The molecule has 2 rings (SSSR count). The van der Waals surface area contributed by atoms with Crippen LogP contribution in [0.4, 0.5) is 0 Å². The van der Waals surface area contributed by atoms with E-state index >= 15 is 0 Å². The molecule has 0 aliphatic rings. The van der Waals surface area contributed by atoms with E-state index in [2.05, 4.69) is 31.0 Å². The number of Topliss-reactive ketones (excluding diaryl/α,β-unsaturated/α-hetero) is 1. The van der Waals surface area contributed by atoms with Crippen LogP contribution in [0.15, 0.2) is 42.6 Å². The summed E-state index contributed by atoms with van der Waals surface area (Å²) < 4.78 is 0. The minimum Gasteiger partial charge on any atom is -0.294 e. The molecule has 0 spiro atoms. The van der Waals surface area contributed by atoms with Crippen molar-refractivity contribution in [2.45, 2.75) is 78.1 Å². The lowest BCUT2D eigenvalue weighted by Gasteiger charge is -2.06. The van der Waals surface area contributed by atoms with Crippen LogP contribution in [-0.2, 0) is 6.42 Å². The first-order valence-electron chi connectivity index (χ1n) is 10.3. The molecule has 140 valence electrons. The van der Waals surface area contributed by atoms with E-state index in [-0.39, 0.29) is 5.78 Å². The second kappa shape index (κ2) is 11.6. The first kappa shape index (κ1) is 20.4. The molecule has 0 N–H and O–H groups in total. The van der Waals surface area contributed by atoms with E-state index < -0.39 is 0 Å². The van der Waals surface area contributed by atoms with E-state index in [1.165, 1.54) is 44.1 Å². The normalized spacial score (nSPS) is 10.8. The molecule has 1 aromatic heterocycles. The third kappa shape index (κ3) is 6.74. The first-order chi connectivity index (χ1) is 12.7. The zero-order chi connectivity index (χ0) is 18.6. The minimum atomic E-state index is 0.253. The molecule has 0 atom stereocenters. The van der Waals surface area contributed by atoms with Crippen molar-refractivity contribution in [2.75, 3.05) is 0 Å². The van der Waals surface area contributed by atoms with Crippen LogP contribution in [-0.4, -0.2) is 10.8 Å². The molecule has 1 heterocycles. The summed E-state index contributed by atoms with van der Waals surface area (Å²) in [5.74, 6) is 0.253. The fourth-order valence-electron chi connectivity index (χ4n) is 3.18. The Kier molecular flexibility index (Phi) is 9.09. The highest BCUT2D eigenvalue weighted by atomic mass is 16.1. The van der Waals surface area contributed by atoms with Gasteiger partial charge in [-0.3, -0.25) is 9.78 Å². The average Bonchev–Trinajstić information content (AvgIpc) is 2.69. The van der Waals surface area contributed by atoms with E-state index in [0.29, 0.717) is 6.42 Å². The fourth-order valence-corrected chi connectivity index (χ4v) is 3.18. The van der Waals surface area contributed by atoms with E-state index in [0.717, 1.165) is 36.1 Å². The fraction of sp³-hybridized carbons (Fsp3) is 0.500. The molecule has 2 aromatic rings. The molecule has 0 radical (unpaired) electrons. The lowest BCUT2D eigenvalue weighted by molar-refractivity contribution is 0.0979. The molecular formula is C24H33NO. The zero-order valence-electron chi connectivity index (χ0n) is 16.5. The van der Waals surface area contributed by atoms with Gasteiger partial charge in [0.2, 0.25) is 0 Å². The van der Waals surface area contributed by atoms with Crippen LogP contribution in [0.2, 0.25) is 0 Å². The molecule has 26 heavy (non-hydrogen) atoms. The van der Waals surface area contributed by atoms with E-state index in [9.17, 15) is 4.79 Å². The summed E-state index contributed by atoms with van der Waals surface area (Å²) in [5, 5.41) is 0. The Morgan fingerprint density at radius 3 is 2.12 bits per heavy atom. The molecule has 0 bridgehead atoms. The van der Waals surface area contributed by atoms with Crippen LogP contribution >= 0.6 is 0 Å². The van der Waals surface area contributed by atoms with Gasteiger partial charge in [0.25, 0.3) is 0 Å². The van der Waals surface area contributed by atoms with Crippen LogP contribution in [0.1, 0.15) is 87.6 Å². The van der Waals surface area contributed by atoms with Crippen LogP contribution in [0, 0.1) is 0 Å². The van der Waals surface area contributed by atoms with Crippen molar-refractivity contribution >= 4 is 5.78 Å². The summed E-state index contributed by atoms with van der Waals surface area (Å²) in [5.41, 5.74) is 4.18. The predicted octanol–water partition coefficient (Wildman–Crippen LogP) is 7.02. The molecule has 0 saturated carbocycles. The highest BCUT2D eigenvalue weighted by Crippen LogP contribution is 2.19. The maximum atomic E-state index is 12.2. The number of carbonyl (C=O) groups is 1. The third-order valence-electron chi connectivity index (χ3n) is 4.90. The number of hydrogen-bond donors (Lipinski definition) is 0. The smallest absolute Gasteiger partial charge is 0.162 e. The summed E-state index contributed by atoms with van der Waals surface area (Å²) in [4.78, 5) is 16.8. The number of benzene rings is 1. The number of aromatic nitrogens is 1. The molecule has 1 aromatic carbocycles. The largest absolute Gasteiger partial charge is 0.294 e. The second-order valence-electron chi connectivity index (χ2n) is 7.17. The van der Waals surface area contributed by atoms with Gasteiger partial charge in [0.1, 0.15) is 0 Å². The van der Waals surface area contributed by atoms with Crippen molar-refractivity contribution in [3.63, 3.8) is 0 Å². The van der Waals surface area contributed by atoms with Crippen molar-refractivity contribution in [3.8, 4) is 11.3 Å². The topological polar surface area (TPSA) is 30.0 Å². The molecule has 0 amide bonds. The Bertz CT molecular complexity index is 643. The van der Waals surface area contributed by atoms with Crippen molar-refractivity contribution in [1.82, 2.24) is 4.98 Å². The van der Waals surface area contributed by atoms with Gasteiger partial charge in [-0.1, -0.05) is 82.7 Å². The molecule has 0 unspecified atom stereocenters. The highest BCUT2D eigenvalue weighted by Gasteiger charge is 2.07. The molecule has 2 heteroatoms. The zero-order valence-corrected chi connectivity index (χ0v) is 16.5. The number of nitrogens with zero attached hydrogens (tertiary/aromatic N) is 1. The molecular weight excluding hydrogens is 318 g/mol. The molecule has 2 nitrogen and oxygen atoms in total. The van der Waals surface area contributed by atoms with Gasteiger partial charge in [0.15, 0.2) is 5.78 Å². The van der Waals surface area contributed by atoms with Gasteiger partial charge >= 0.3 is 0 Å². The Morgan fingerprint density at radius 2 is 1.50 bits per heavy atom. The molecule has 0 fully saturated rings. The van der Waals surface area contributed by atoms with Crippen LogP contribution in [0.25, 0.3) is 11.3 Å². The number of aryl methyl sites for hydroxylation is 1. The Hall–Kier alpha value is -1.96. The lowest BCUT2D eigenvalue weighted by atomic mass is 10.0. The van der Waals surface area contributed by atoms with Gasteiger partial charge < -0.3 is 0 Å². The highest BCUT2D eigenvalue weighted by molar-refractivity contribution is 5.96. The maximum absolute atomic E-state index is 12.2. The summed E-state index contributed by atoms with van der Waals surface area (Å²) in [6.45, 7) is 4.43. The Balaban J connectivity index is 1.88.